The van der Waals surface area contributed by atoms with Crippen LogP contribution in [0.2, 0.25) is 0 Å². The van der Waals surface area contributed by atoms with Crippen molar-refractivity contribution in [2.45, 2.75) is 31.5 Å². The van der Waals surface area contributed by atoms with Crippen molar-refractivity contribution in [2.24, 2.45) is 5.73 Å². The first-order valence-electron chi connectivity index (χ1n) is 5.69. The number of aliphatic hydroxyl groups excluding tert-OH is 1. The van der Waals surface area contributed by atoms with Gasteiger partial charge in [0.25, 0.3) is 5.69 Å². The average molecular weight is 266 g/mol. The van der Waals surface area contributed by atoms with Gasteiger partial charge in [0.05, 0.1) is 10.8 Å². The van der Waals surface area contributed by atoms with Crippen molar-refractivity contribution in [3.8, 4) is 5.75 Å². The number of non-ortho nitro benzene ring substituents is 1. The molecule has 1 aliphatic heterocycles. The molecule has 1 aromatic rings. The molecule has 102 valence electrons. The van der Waals surface area contributed by atoms with E-state index in [1.807, 2.05) is 0 Å². The van der Waals surface area contributed by atoms with Crippen molar-refractivity contribution in [1.82, 2.24) is 0 Å². The molecule has 7 nitrogen and oxygen atoms in total. The third-order valence-corrected chi connectivity index (χ3v) is 3.25. The summed E-state index contributed by atoms with van der Waals surface area (Å²) in [7, 11) is 0. The van der Waals surface area contributed by atoms with Gasteiger partial charge in [-0.2, -0.15) is 0 Å². The monoisotopic (exact) mass is 266 g/mol. The zero-order valence-electron chi connectivity index (χ0n) is 10.5. The zero-order chi connectivity index (χ0) is 14.4. The normalized spacial score (nSPS) is 24.2. The summed E-state index contributed by atoms with van der Waals surface area (Å²) in [5, 5.41) is 20.9. The number of nitrogens with zero attached hydrogens (tertiary/aromatic N) is 1. The molecule has 3 N–H and O–H groups in total. The second-order valence-corrected chi connectivity index (χ2v) is 5.01. The van der Waals surface area contributed by atoms with Crippen LogP contribution >= 0.6 is 0 Å². The molecule has 0 saturated heterocycles. The standard InChI is InChI=1S/C12H14N2O5/c1-12(2)10(15)9(11(13)16)7-5-6(14(17)18)3-4-8(7)19-12/h3-5,9-10,15H,1-2H3,(H2,13,16). The van der Waals surface area contributed by atoms with E-state index in [9.17, 15) is 20.0 Å². The van der Waals surface area contributed by atoms with E-state index in [0.717, 1.165) is 0 Å². The Hall–Kier alpha value is -2.15. The van der Waals surface area contributed by atoms with Gasteiger partial charge in [0, 0.05) is 17.7 Å². The highest BCUT2D eigenvalue weighted by molar-refractivity contribution is 5.84. The number of primary amides is 1. The van der Waals surface area contributed by atoms with E-state index in [1.54, 1.807) is 13.8 Å². The number of nitrogens with two attached hydrogens (primary N) is 1. The highest BCUT2D eigenvalue weighted by atomic mass is 16.6. The van der Waals surface area contributed by atoms with E-state index >= 15 is 0 Å². The fourth-order valence-corrected chi connectivity index (χ4v) is 2.21. The van der Waals surface area contributed by atoms with E-state index in [-0.39, 0.29) is 11.3 Å². The number of aliphatic hydroxyl groups is 1. The summed E-state index contributed by atoms with van der Waals surface area (Å²) in [6, 6.07) is 3.91. The maximum atomic E-state index is 11.5. The Kier molecular flexibility index (Phi) is 2.94. The van der Waals surface area contributed by atoms with Crippen molar-refractivity contribution in [1.29, 1.82) is 0 Å². The second kappa shape index (κ2) is 4.20. The number of hydrogen-bond acceptors (Lipinski definition) is 5. The smallest absolute Gasteiger partial charge is 0.270 e. The summed E-state index contributed by atoms with van der Waals surface area (Å²) in [5.41, 5.74) is 4.36. The molecule has 0 fully saturated rings. The number of amides is 1. The summed E-state index contributed by atoms with van der Waals surface area (Å²) in [4.78, 5) is 21.7. The number of hydrogen-bond donors (Lipinski definition) is 2. The van der Waals surface area contributed by atoms with Crippen molar-refractivity contribution in [3.63, 3.8) is 0 Å². The van der Waals surface area contributed by atoms with Crippen LogP contribution in [0.15, 0.2) is 18.2 Å². The molecule has 1 amide bonds. The highest BCUT2D eigenvalue weighted by Gasteiger charge is 2.46. The lowest BCUT2D eigenvalue weighted by Gasteiger charge is -2.40. The van der Waals surface area contributed by atoms with Crippen LogP contribution in [0.1, 0.15) is 25.3 Å². The Bertz CT molecular complexity index is 555. The second-order valence-electron chi connectivity index (χ2n) is 5.01. The van der Waals surface area contributed by atoms with Gasteiger partial charge in [-0.15, -0.1) is 0 Å². The van der Waals surface area contributed by atoms with Gasteiger partial charge in [-0.25, -0.2) is 0 Å². The summed E-state index contributed by atoms with van der Waals surface area (Å²) < 4.78 is 5.57. The van der Waals surface area contributed by atoms with E-state index < -0.39 is 28.5 Å². The number of nitro groups is 1. The number of carbonyl (C=O) groups is 1. The lowest BCUT2D eigenvalue weighted by Crippen LogP contribution is -2.52. The van der Waals surface area contributed by atoms with Crippen LogP contribution in [0.5, 0.6) is 5.75 Å². The highest BCUT2D eigenvalue weighted by Crippen LogP contribution is 2.42. The number of carbonyl (C=O) groups excluding carboxylic acids is 1. The maximum Gasteiger partial charge on any atom is 0.270 e. The Morgan fingerprint density at radius 1 is 1.53 bits per heavy atom. The zero-order valence-corrected chi connectivity index (χ0v) is 10.5. The first kappa shape index (κ1) is 13.3. The van der Waals surface area contributed by atoms with Gasteiger partial charge in [0.15, 0.2) is 0 Å². The molecule has 7 heteroatoms. The van der Waals surface area contributed by atoms with Gasteiger partial charge in [0.1, 0.15) is 17.5 Å². The van der Waals surface area contributed by atoms with E-state index in [2.05, 4.69) is 0 Å². The molecule has 19 heavy (non-hydrogen) atoms. The van der Waals surface area contributed by atoms with E-state index in [1.165, 1.54) is 18.2 Å². The summed E-state index contributed by atoms with van der Waals surface area (Å²) in [6.07, 6.45) is -1.17. The SMILES string of the molecule is CC1(C)Oc2ccc([N+](=O)[O-])cc2C(C(N)=O)C1O. The van der Waals surface area contributed by atoms with Crippen LogP contribution in [0.25, 0.3) is 0 Å². The van der Waals surface area contributed by atoms with Crippen LogP contribution in [-0.2, 0) is 4.79 Å². The van der Waals surface area contributed by atoms with Crippen molar-refractivity contribution in [2.75, 3.05) is 0 Å². The van der Waals surface area contributed by atoms with Gasteiger partial charge in [-0.05, 0) is 19.9 Å². The Balaban J connectivity index is 2.60. The molecule has 0 radical (unpaired) electrons. The van der Waals surface area contributed by atoms with Gasteiger partial charge in [-0.3, -0.25) is 14.9 Å². The molecule has 1 aliphatic rings. The lowest BCUT2D eigenvalue weighted by atomic mass is 9.81. The number of ether oxygens (including phenoxy) is 1. The van der Waals surface area contributed by atoms with Gasteiger partial charge < -0.3 is 15.6 Å². The van der Waals surface area contributed by atoms with Crippen LogP contribution in [0.3, 0.4) is 0 Å². The van der Waals surface area contributed by atoms with Crippen molar-refractivity contribution >= 4 is 11.6 Å². The van der Waals surface area contributed by atoms with Crippen molar-refractivity contribution in [3.05, 3.63) is 33.9 Å². The molecule has 2 atom stereocenters. The molecule has 0 aliphatic carbocycles. The maximum absolute atomic E-state index is 11.5. The number of rotatable bonds is 2. The summed E-state index contributed by atoms with van der Waals surface area (Å²) >= 11 is 0. The van der Waals surface area contributed by atoms with Gasteiger partial charge in [0.2, 0.25) is 5.91 Å². The molecular formula is C12H14N2O5. The van der Waals surface area contributed by atoms with Crippen LogP contribution in [0, 0.1) is 10.1 Å². The molecule has 0 saturated carbocycles. The minimum absolute atomic E-state index is 0.180. The molecule has 1 heterocycles. The number of nitro benzene ring substituents is 1. The van der Waals surface area contributed by atoms with Crippen LogP contribution in [-0.4, -0.2) is 27.6 Å². The van der Waals surface area contributed by atoms with Crippen LogP contribution < -0.4 is 10.5 Å². The largest absolute Gasteiger partial charge is 0.485 e. The topological polar surface area (TPSA) is 116 Å². The Morgan fingerprint density at radius 2 is 2.16 bits per heavy atom. The van der Waals surface area contributed by atoms with E-state index in [4.69, 9.17) is 10.5 Å². The minimum Gasteiger partial charge on any atom is -0.485 e. The fourth-order valence-electron chi connectivity index (χ4n) is 2.21. The lowest BCUT2D eigenvalue weighted by molar-refractivity contribution is -0.385. The molecule has 1 aromatic carbocycles. The first-order valence-corrected chi connectivity index (χ1v) is 5.69. The van der Waals surface area contributed by atoms with E-state index in [0.29, 0.717) is 5.75 Å². The summed E-state index contributed by atoms with van der Waals surface area (Å²) in [5.74, 6) is -1.45. The van der Waals surface area contributed by atoms with Crippen molar-refractivity contribution < 1.29 is 19.6 Å². The Labute approximate surface area is 109 Å². The molecule has 0 aromatic heterocycles. The predicted octanol–water partition coefficient (Wildman–Crippen LogP) is 0.696. The first-order chi connectivity index (χ1) is 8.74. The third kappa shape index (κ3) is 2.12. The fraction of sp³-hybridized carbons (Fsp3) is 0.417. The third-order valence-electron chi connectivity index (χ3n) is 3.25. The number of fused-ring (bicyclic) bond motifs is 1. The molecule has 2 unspecified atom stereocenters. The quantitative estimate of drug-likeness (QED) is 0.603. The number of benzene rings is 1. The minimum atomic E-state index is -1.17. The Morgan fingerprint density at radius 3 is 2.68 bits per heavy atom. The average Bonchev–Trinajstić information content (AvgIpc) is 2.29. The predicted molar refractivity (Wildman–Crippen MR) is 65.7 cm³/mol. The molecule has 2 rings (SSSR count). The molecular weight excluding hydrogens is 252 g/mol. The molecule has 0 bridgehead atoms. The van der Waals surface area contributed by atoms with Gasteiger partial charge >= 0.3 is 0 Å². The van der Waals surface area contributed by atoms with Gasteiger partial charge in [-0.1, -0.05) is 0 Å². The molecule has 0 spiro atoms. The van der Waals surface area contributed by atoms with Crippen LogP contribution in [0.4, 0.5) is 5.69 Å². The summed E-state index contributed by atoms with van der Waals surface area (Å²) in [6.45, 7) is 3.25.